The Morgan fingerprint density at radius 2 is 1.48 bits per heavy atom. The maximum atomic E-state index is 12.9. The summed E-state index contributed by atoms with van der Waals surface area (Å²) < 4.78 is 0. The first-order valence-corrected chi connectivity index (χ1v) is 9.47. The third-order valence-electron chi connectivity index (χ3n) is 3.99. The van der Waals surface area contributed by atoms with Crippen molar-refractivity contribution in [2.75, 3.05) is 0 Å². The van der Waals surface area contributed by atoms with Gasteiger partial charge in [0.25, 0.3) is 5.91 Å². The molecule has 0 rings (SSSR count). The molecule has 4 nitrogen and oxygen atoms in total. The lowest BCUT2D eigenvalue weighted by Crippen LogP contribution is -2.38. The molecule has 0 bridgehead atoms. The summed E-state index contributed by atoms with van der Waals surface area (Å²) in [5, 5.41) is 5.73. The van der Waals surface area contributed by atoms with E-state index >= 15 is 0 Å². The summed E-state index contributed by atoms with van der Waals surface area (Å²) in [7, 11) is 0. The predicted octanol–water partition coefficient (Wildman–Crippen LogP) is 4.99. The van der Waals surface area contributed by atoms with Crippen molar-refractivity contribution in [2.45, 2.75) is 80.6 Å². The average Bonchev–Trinajstić information content (AvgIpc) is 2.57. The Labute approximate surface area is 153 Å². The van der Waals surface area contributed by atoms with Crippen LogP contribution in [0.25, 0.3) is 0 Å². The third kappa shape index (κ3) is 8.71. The lowest BCUT2D eigenvalue weighted by molar-refractivity contribution is -0.123. The fraction of sp³-hybridized carbons (Fsp3) is 0.619. The van der Waals surface area contributed by atoms with E-state index in [2.05, 4.69) is 30.6 Å². The van der Waals surface area contributed by atoms with E-state index in [0.29, 0.717) is 5.82 Å². The molecule has 2 N–H and O–H groups in total. The number of unbranched alkanes of at least 4 members (excludes halogenated alkanes) is 2. The number of carbonyl (C=O) groups excluding carboxylic acids is 2. The van der Waals surface area contributed by atoms with Gasteiger partial charge < -0.3 is 10.6 Å². The maximum Gasteiger partial charge on any atom is 0.256 e. The van der Waals surface area contributed by atoms with Crippen molar-refractivity contribution in [2.24, 2.45) is 5.92 Å². The minimum atomic E-state index is -0.157. The summed E-state index contributed by atoms with van der Waals surface area (Å²) in [6, 6.07) is 0. The summed E-state index contributed by atoms with van der Waals surface area (Å²) in [6.45, 7) is 13.9. The van der Waals surface area contributed by atoms with Crippen LogP contribution in [0.15, 0.2) is 34.7 Å². The van der Waals surface area contributed by atoms with Gasteiger partial charge in [-0.25, -0.2) is 0 Å². The molecule has 0 aliphatic rings. The topological polar surface area (TPSA) is 58.2 Å². The molecule has 0 unspecified atom stereocenters. The van der Waals surface area contributed by atoms with E-state index in [1.54, 1.807) is 0 Å². The van der Waals surface area contributed by atoms with E-state index in [9.17, 15) is 9.59 Å². The van der Waals surface area contributed by atoms with E-state index in [1.807, 2.05) is 40.7 Å². The zero-order valence-electron chi connectivity index (χ0n) is 17.1. The highest BCUT2D eigenvalue weighted by Crippen LogP contribution is 2.19. The normalized spacial score (nSPS) is 13.6. The Morgan fingerprint density at radius 1 is 0.920 bits per heavy atom. The number of hydrogen-bond acceptors (Lipinski definition) is 2. The van der Waals surface area contributed by atoms with E-state index in [0.717, 1.165) is 48.8 Å². The number of amides is 2. The van der Waals surface area contributed by atoms with Gasteiger partial charge in [-0.1, -0.05) is 59.1 Å². The molecule has 0 aliphatic carbocycles. The van der Waals surface area contributed by atoms with E-state index in [1.165, 1.54) is 0 Å². The molecule has 0 atom stereocenters. The summed E-state index contributed by atoms with van der Waals surface area (Å²) in [6.07, 6.45) is 8.53. The smallest absolute Gasteiger partial charge is 0.256 e. The quantitative estimate of drug-likeness (QED) is 0.432. The Bertz CT molecular complexity index is 540. The molecular formula is C21H36N2O2. The van der Waals surface area contributed by atoms with Crippen LogP contribution in [0.3, 0.4) is 0 Å². The second kappa shape index (κ2) is 12.5. The third-order valence-corrected chi connectivity index (χ3v) is 3.99. The molecule has 0 aromatic carbocycles. The van der Waals surface area contributed by atoms with Gasteiger partial charge in [-0.2, -0.15) is 0 Å². The molecule has 0 saturated heterocycles. The van der Waals surface area contributed by atoms with Crippen LogP contribution in [0.5, 0.6) is 0 Å². The Morgan fingerprint density at radius 3 is 1.96 bits per heavy atom. The number of nitrogens with one attached hydrogen (secondary N) is 2. The number of rotatable bonds is 10. The molecule has 0 heterocycles. The summed E-state index contributed by atoms with van der Waals surface area (Å²) >= 11 is 0. The summed E-state index contributed by atoms with van der Waals surface area (Å²) in [5.74, 6) is 0.0880. The molecular weight excluding hydrogens is 312 g/mol. The highest BCUT2D eigenvalue weighted by molar-refractivity contribution is 5.99. The van der Waals surface area contributed by atoms with E-state index in [-0.39, 0.29) is 17.7 Å². The predicted molar refractivity (Wildman–Crippen MR) is 106 cm³/mol. The molecule has 2 amide bonds. The molecule has 0 aromatic rings. The molecule has 0 saturated carbocycles. The largest absolute Gasteiger partial charge is 0.312 e. The molecule has 142 valence electrons. The lowest BCUT2D eigenvalue weighted by Gasteiger charge is -2.17. The number of carbonyl (C=O) groups is 2. The van der Waals surface area contributed by atoms with Crippen LogP contribution < -0.4 is 10.6 Å². The highest BCUT2D eigenvalue weighted by Gasteiger charge is 2.17. The van der Waals surface area contributed by atoms with Crippen molar-refractivity contribution in [3.8, 4) is 0 Å². The molecule has 0 spiro atoms. The Balaban J connectivity index is 5.49. The molecule has 0 fully saturated rings. The van der Waals surface area contributed by atoms with E-state index < -0.39 is 0 Å². The van der Waals surface area contributed by atoms with Gasteiger partial charge >= 0.3 is 0 Å². The first-order valence-electron chi connectivity index (χ1n) is 9.47. The van der Waals surface area contributed by atoms with Gasteiger partial charge in [0, 0.05) is 11.5 Å². The summed E-state index contributed by atoms with van der Waals surface area (Å²) in [4.78, 5) is 24.9. The average molecular weight is 349 g/mol. The Kier molecular flexibility index (Phi) is 11.6. The highest BCUT2D eigenvalue weighted by atomic mass is 16.2. The van der Waals surface area contributed by atoms with Crippen molar-refractivity contribution in [3.63, 3.8) is 0 Å². The lowest BCUT2D eigenvalue weighted by atomic mass is 9.98. The first kappa shape index (κ1) is 23.2. The second-order valence-corrected chi connectivity index (χ2v) is 6.69. The van der Waals surface area contributed by atoms with Crippen LogP contribution in [0.2, 0.25) is 0 Å². The van der Waals surface area contributed by atoms with E-state index in [4.69, 9.17) is 0 Å². The molecule has 0 aliphatic heterocycles. The van der Waals surface area contributed by atoms with Crippen LogP contribution in [0, 0.1) is 5.92 Å². The molecule has 4 heteroatoms. The zero-order chi connectivity index (χ0) is 19.4. The van der Waals surface area contributed by atoms with Crippen LogP contribution in [-0.2, 0) is 9.59 Å². The van der Waals surface area contributed by atoms with Gasteiger partial charge in [0.2, 0.25) is 5.91 Å². The summed E-state index contributed by atoms with van der Waals surface area (Å²) in [5.41, 5.74) is 2.76. The molecule has 0 aromatic heterocycles. The van der Waals surface area contributed by atoms with Gasteiger partial charge in [-0.05, 0) is 44.8 Å². The van der Waals surface area contributed by atoms with Crippen LogP contribution in [0.4, 0.5) is 0 Å². The second-order valence-electron chi connectivity index (χ2n) is 6.69. The standard InChI is InChI=1S/C21H36N2O2/c1-8-11-13-17(7)19(16(6)10-3)21(25)23-18(14-12-9-2)22-20(24)15(4)5/h13-15H,8-12H2,1-7H3,(H,22,24)(H,23,25)/b17-13+,18-14+,19-16+. The van der Waals surface area contributed by atoms with Crippen molar-refractivity contribution >= 4 is 11.8 Å². The minimum absolute atomic E-state index is 0.0985. The minimum Gasteiger partial charge on any atom is -0.312 e. The van der Waals surface area contributed by atoms with Crippen molar-refractivity contribution < 1.29 is 9.59 Å². The Hall–Kier alpha value is -1.84. The molecule has 25 heavy (non-hydrogen) atoms. The number of hydrogen-bond donors (Lipinski definition) is 2. The number of allylic oxidation sites excluding steroid dienone is 3. The van der Waals surface area contributed by atoms with Gasteiger partial charge in [-0.15, -0.1) is 0 Å². The SMILES string of the molecule is CCC/C=C(/NC(=O)C(/C(C)=C/CCC)=C(\C)CC)NC(=O)C(C)C. The van der Waals surface area contributed by atoms with Gasteiger partial charge in [0.15, 0.2) is 0 Å². The first-order chi connectivity index (χ1) is 11.8. The monoisotopic (exact) mass is 348 g/mol. The van der Waals surface area contributed by atoms with Crippen molar-refractivity contribution in [1.29, 1.82) is 0 Å². The van der Waals surface area contributed by atoms with Crippen LogP contribution in [0.1, 0.15) is 80.6 Å². The van der Waals surface area contributed by atoms with Crippen LogP contribution >= 0.6 is 0 Å². The fourth-order valence-electron chi connectivity index (χ4n) is 2.23. The zero-order valence-corrected chi connectivity index (χ0v) is 17.1. The van der Waals surface area contributed by atoms with Gasteiger partial charge in [0.05, 0.1) is 0 Å². The van der Waals surface area contributed by atoms with Crippen molar-refractivity contribution in [1.82, 2.24) is 10.6 Å². The van der Waals surface area contributed by atoms with Crippen molar-refractivity contribution in [3.05, 3.63) is 34.7 Å². The van der Waals surface area contributed by atoms with Gasteiger partial charge in [-0.3, -0.25) is 9.59 Å². The maximum absolute atomic E-state index is 12.9. The molecule has 0 radical (unpaired) electrons. The van der Waals surface area contributed by atoms with Gasteiger partial charge in [0.1, 0.15) is 5.82 Å². The van der Waals surface area contributed by atoms with Crippen LogP contribution in [-0.4, -0.2) is 11.8 Å². The fourth-order valence-corrected chi connectivity index (χ4v) is 2.23.